The molecule has 0 bridgehead atoms. The highest BCUT2D eigenvalue weighted by molar-refractivity contribution is 14.0. The zero-order chi connectivity index (χ0) is 17.4. The van der Waals surface area contributed by atoms with Crippen LogP contribution in [0.1, 0.15) is 29.3 Å². The van der Waals surface area contributed by atoms with Gasteiger partial charge in [-0.3, -0.25) is 10.1 Å². The predicted octanol–water partition coefficient (Wildman–Crippen LogP) is 3.49. The number of aliphatic imine (C=N–C) groups is 1. The van der Waals surface area contributed by atoms with E-state index in [0.29, 0.717) is 19.0 Å². The van der Waals surface area contributed by atoms with Crippen LogP contribution in [0.4, 0.5) is 5.69 Å². The van der Waals surface area contributed by atoms with Crippen LogP contribution in [-0.2, 0) is 19.5 Å². The van der Waals surface area contributed by atoms with E-state index in [4.69, 9.17) is 0 Å². The quantitative estimate of drug-likeness (QED) is 0.210. The highest BCUT2D eigenvalue weighted by Crippen LogP contribution is 2.14. The van der Waals surface area contributed by atoms with E-state index in [9.17, 15) is 10.1 Å². The molecule has 2 aromatic rings. The number of nitro groups is 1. The minimum Gasteiger partial charge on any atom is -0.357 e. The van der Waals surface area contributed by atoms with Crippen LogP contribution in [0.25, 0.3) is 0 Å². The first-order valence-electron chi connectivity index (χ1n) is 7.81. The Morgan fingerprint density at radius 2 is 2.16 bits per heavy atom. The van der Waals surface area contributed by atoms with Crippen LogP contribution in [0.5, 0.6) is 0 Å². The first-order chi connectivity index (χ1) is 11.6. The Morgan fingerprint density at radius 1 is 1.36 bits per heavy atom. The number of benzene rings is 1. The van der Waals surface area contributed by atoms with Gasteiger partial charge in [0.05, 0.1) is 18.0 Å². The van der Waals surface area contributed by atoms with Gasteiger partial charge in [-0.1, -0.05) is 19.1 Å². The molecule has 25 heavy (non-hydrogen) atoms. The SMILES string of the molecule is CCNC(=NCc1cccc([N+](=O)[O-])c1)NCc1ncc(CC)s1.I. The molecule has 0 radical (unpaired) electrons. The first-order valence-corrected chi connectivity index (χ1v) is 8.63. The highest BCUT2D eigenvalue weighted by atomic mass is 127. The molecule has 136 valence electrons. The van der Waals surface area contributed by atoms with Crippen molar-refractivity contribution >= 4 is 47.0 Å². The molecular weight excluding hydrogens is 453 g/mol. The summed E-state index contributed by atoms with van der Waals surface area (Å²) in [4.78, 5) is 20.5. The van der Waals surface area contributed by atoms with Crippen molar-refractivity contribution in [2.75, 3.05) is 6.54 Å². The predicted molar refractivity (Wildman–Crippen MR) is 112 cm³/mol. The number of nitrogens with one attached hydrogen (secondary N) is 2. The van der Waals surface area contributed by atoms with Crippen molar-refractivity contribution in [2.45, 2.75) is 33.4 Å². The molecular formula is C16H22IN5O2S. The Bertz CT molecular complexity index is 720. The summed E-state index contributed by atoms with van der Waals surface area (Å²) in [5.41, 5.74) is 0.875. The molecule has 0 atom stereocenters. The van der Waals surface area contributed by atoms with E-state index in [-0.39, 0.29) is 29.7 Å². The lowest BCUT2D eigenvalue weighted by Gasteiger charge is -2.10. The second kappa shape index (κ2) is 11.0. The van der Waals surface area contributed by atoms with Crippen LogP contribution < -0.4 is 10.6 Å². The van der Waals surface area contributed by atoms with Crippen molar-refractivity contribution in [3.05, 3.63) is 56.0 Å². The smallest absolute Gasteiger partial charge is 0.269 e. The number of hydrogen-bond donors (Lipinski definition) is 2. The Hall–Kier alpha value is -1.75. The Labute approximate surface area is 168 Å². The summed E-state index contributed by atoms with van der Waals surface area (Å²) in [5.74, 6) is 0.664. The van der Waals surface area contributed by atoms with Crippen LogP contribution in [0, 0.1) is 10.1 Å². The molecule has 0 aliphatic rings. The van der Waals surface area contributed by atoms with Gasteiger partial charge >= 0.3 is 0 Å². The van der Waals surface area contributed by atoms with Crippen molar-refractivity contribution in [3.63, 3.8) is 0 Å². The third kappa shape index (κ3) is 6.94. The number of aryl methyl sites for hydroxylation is 1. The zero-order valence-electron chi connectivity index (χ0n) is 14.2. The van der Waals surface area contributed by atoms with Gasteiger partial charge in [-0.05, 0) is 18.9 Å². The van der Waals surface area contributed by atoms with Crippen LogP contribution in [-0.4, -0.2) is 22.4 Å². The van der Waals surface area contributed by atoms with Crippen molar-refractivity contribution in [1.82, 2.24) is 15.6 Å². The Balaban J connectivity index is 0.00000312. The molecule has 1 heterocycles. The number of aromatic nitrogens is 1. The third-order valence-corrected chi connectivity index (χ3v) is 4.38. The van der Waals surface area contributed by atoms with Crippen molar-refractivity contribution < 1.29 is 4.92 Å². The van der Waals surface area contributed by atoms with Gasteiger partial charge in [-0.2, -0.15) is 0 Å². The number of hydrogen-bond acceptors (Lipinski definition) is 5. The van der Waals surface area contributed by atoms with E-state index < -0.39 is 4.92 Å². The average Bonchev–Trinajstić information content (AvgIpc) is 3.05. The van der Waals surface area contributed by atoms with Gasteiger partial charge in [0, 0.05) is 29.8 Å². The molecule has 0 saturated carbocycles. The van der Waals surface area contributed by atoms with E-state index in [1.807, 2.05) is 19.2 Å². The summed E-state index contributed by atoms with van der Waals surface area (Å²) >= 11 is 1.68. The fraction of sp³-hybridized carbons (Fsp3) is 0.375. The molecule has 0 unspecified atom stereocenters. The van der Waals surface area contributed by atoms with Gasteiger partial charge in [-0.25, -0.2) is 9.98 Å². The maximum Gasteiger partial charge on any atom is 0.269 e. The van der Waals surface area contributed by atoms with Crippen molar-refractivity contribution in [3.8, 4) is 0 Å². The number of non-ortho nitro benzene ring substituents is 1. The maximum absolute atomic E-state index is 10.8. The van der Waals surface area contributed by atoms with Crippen molar-refractivity contribution in [1.29, 1.82) is 0 Å². The molecule has 2 rings (SSSR count). The van der Waals surface area contributed by atoms with E-state index in [1.54, 1.807) is 23.5 Å². The molecule has 1 aromatic heterocycles. The fourth-order valence-electron chi connectivity index (χ4n) is 2.03. The van der Waals surface area contributed by atoms with Gasteiger partial charge in [0.2, 0.25) is 0 Å². The topological polar surface area (TPSA) is 92.5 Å². The fourth-order valence-corrected chi connectivity index (χ4v) is 2.84. The molecule has 0 saturated heterocycles. The lowest BCUT2D eigenvalue weighted by Crippen LogP contribution is -2.36. The van der Waals surface area contributed by atoms with E-state index >= 15 is 0 Å². The van der Waals surface area contributed by atoms with Gasteiger partial charge in [0.15, 0.2) is 5.96 Å². The number of halogens is 1. The molecule has 0 aliphatic heterocycles. The summed E-state index contributed by atoms with van der Waals surface area (Å²) in [7, 11) is 0. The number of nitrogens with zero attached hydrogens (tertiary/aromatic N) is 3. The Morgan fingerprint density at radius 3 is 2.80 bits per heavy atom. The van der Waals surface area contributed by atoms with Crippen LogP contribution in [0.3, 0.4) is 0 Å². The van der Waals surface area contributed by atoms with Crippen LogP contribution in [0.2, 0.25) is 0 Å². The molecule has 1 aromatic carbocycles. The first kappa shape index (κ1) is 21.3. The van der Waals surface area contributed by atoms with Crippen LogP contribution in [0.15, 0.2) is 35.5 Å². The average molecular weight is 475 g/mol. The summed E-state index contributed by atoms with van der Waals surface area (Å²) in [5, 5.41) is 18.2. The normalized spacial score (nSPS) is 10.9. The lowest BCUT2D eigenvalue weighted by molar-refractivity contribution is -0.384. The zero-order valence-corrected chi connectivity index (χ0v) is 17.3. The number of rotatable bonds is 7. The summed E-state index contributed by atoms with van der Waals surface area (Å²) in [6, 6.07) is 6.52. The van der Waals surface area contributed by atoms with E-state index in [2.05, 4.69) is 27.5 Å². The number of guanidine groups is 1. The second-order valence-corrected chi connectivity index (χ2v) is 6.25. The molecule has 0 spiro atoms. The summed E-state index contributed by atoms with van der Waals surface area (Å²) in [6.45, 7) is 5.80. The number of nitro benzene ring substituents is 1. The molecule has 0 aliphatic carbocycles. The summed E-state index contributed by atoms with van der Waals surface area (Å²) < 4.78 is 0. The third-order valence-electron chi connectivity index (χ3n) is 3.24. The van der Waals surface area contributed by atoms with Crippen molar-refractivity contribution in [2.24, 2.45) is 4.99 Å². The van der Waals surface area contributed by atoms with Gasteiger partial charge in [-0.15, -0.1) is 35.3 Å². The standard InChI is InChI=1S/C16H21N5O2S.HI/c1-3-14-10-18-15(24-14)11-20-16(17-4-2)19-9-12-6-5-7-13(8-12)21(22)23;/h5-8,10H,3-4,9,11H2,1-2H3,(H2,17,19,20);1H. The minimum atomic E-state index is -0.398. The number of thiazole rings is 1. The maximum atomic E-state index is 10.8. The van der Waals surface area contributed by atoms with Gasteiger partial charge in [0.1, 0.15) is 5.01 Å². The molecule has 9 heteroatoms. The minimum absolute atomic E-state index is 0. The monoisotopic (exact) mass is 475 g/mol. The van der Waals surface area contributed by atoms with Gasteiger partial charge in [0.25, 0.3) is 5.69 Å². The molecule has 2 N–H and O–H groups in total. The molecule has 0 fully saturated rings. The highest BCUT2D eigenvalue weighted by Gasteiger charge is 2.06. The van der Waals surface area contributed by atoms with E-state index in [1.165, 1.54) is 10.9 Å². The Kier molecular flexibility index (Phi) is 9.35. The van der Waals surface area contributed by atoms with E-state index in [0.717, 1.165) is 23.5 Å². The molecule has 7 nitrogen and oxygen atoms in total. The van der Waals surface area contributed by atoms with Crippen LogP contribution >= 0.6 is 35.3 Å². The molecule has 0 amide bonds. The summed E-state index contributed by atoms with van der Waals surface area (Å²) in [6.07, 6.45) is 2.88. The second-order valence-electron chi connectivity index (χ2n) is 5.05. The van der Waals surface area contributed by atoms with Gasteiger partial charge < -0.3 is 10.6 Å². The lowest BCUT2D eigenvalue weighted by atomic mass is 10.2. The largest absolute Gasteiger partial charge is 0.357 e.